The lowest BCUT2D eigenvalue weighted by molar-refractivity contribution is -0.151. The first-order valence-electron chi connectivity index (χ1n) is 6.96. The number of halogens is 2. The van der Waals surface area contributed by atoms with Crippen LogP contribution in [0.1, 0.15) is 31.7 Å². The number of carbonyl (C=O) groups excluding carboxylic acids is 1. The smallest absolute Gasteiger partial charge is 0.323 e. The Kier molecular flexibility index (Phi) is 5.06. The molecule has 1 saturated heterocycles. The fourth-order valence-electron chi connectivity index (χ4n) is 2.57. The van der Waals surface area contributed by atoms with Gasteiger partial charge in [0.2, 0.25) is 0 Å². The number of esters is 1. The molecule has 0 aliphatic carbocycles. The number of carbonyl (C=O) groups is 1. The molecular formula is C15H19F2NO2. The number of ether oxygens (including phenoxy) is 1. The van der Waals surface area contributed by atoms with Gasteiger partial charge in [-0.2, -0.15) is 0 Å². The molecule has 0 unspecified atom stereocenters. The molecule has 0 bridgehead atoms. The fraction of sp³-hybridized carbons (Fsp3) is 0.533. The number of likely N-dealkylation sites (tertiary alicyclic amines) is 1. The molecule has 5 heteroatoms. The van der Waals surface area contributed by atoms with Crippen LogP contribution in [0.25, 0.3) is 0 Å². The number of hydrogen-bond acceptors (Lipinski definition) is 3. The standard InChI is InChI=1S/C15H19F2NO2/c1-2-20-15(19)14-5-3-4-8-18(14)10-11-9-12(16)6-7-13(11)17/h6-7,9,14H,2-5,8,10H2,1H3/t14-/m0/s1. The lowest BCUT2D eigenvalue weighted by Gasteiger charge is -2.34. The van der Waals surface area contributed by atoms with Crippen molar-refractivity contribution >= 4 is 5.97 Å². The topological polar surface area (TPSA) is 29.5 Å². The first-order valence-corrected chi connectivity index (χ1v) is 6.96. The number of benzene rings is 1. The summed E-state index contributed by atoms with van der Waals surface area (Å²) in [5.74, 6) is -1.19. The molecule has 3 nitrogen and oxygen atoms in total. The van der Waals surface area contributed by atoms with Crippen molar-refractivity contribution in [1.82, 2.24) is 4.90 Å². The average molecular weight is 283 g/mol. The zero-order valence-electron chi connectivity index (χ0n) is 11.6. The highest BCUT2D eigenvalue weighted by atomic mass is 19.1. The lowest BCUT2D eigenvalue weighted by Crippen LogP contribution is -2.45. The second-order valence-electron chi connectivity index (χ2n) is 4.97. The molecule has 0 spiro atoms. The van der Waals surface area contributed by atoms with Gasteiger partial charge in [-0.1, -0.05) is 6.42 Å². The minimum Gasteiger partial charge on any atom is -0.465 e. The van der Waals surface area contributed by atoms with Crippen LogP contribution in [-0.2, 0) is 16.1 Å². The molecule has 1 heterocycles. The number of piperidine rings is 1. The van der Waals surface area contributed by atoms with E-state index in [9.17, 15) is 13.6 Å². The molecule has 0 N–H and O–H groups in total. The second kappa shape index (κ2) is 6.79. The Morgan fingerprint density at radius 2 is 2.20 bits per heavy atom. The highest BCUT2D eigenvalue weighted by molar-refractivity contribution is 5.75. The molecule has 110 valence electrons. The molecular weight excluding hydrogens is 264 g/mol. The van der Waals surface area contributed by atoms with Crippen molar-refractivity contribution in [1.29, 1.82) is 0 Å². The minimum atomic E-state index is -0.467. The maximum atomic E-state index is 13.7. The van der Waals surface area contributed by atoms with Gasteiger partial charge in [0.25, 0.3) is 0 Å². The van der Waals surface area contributed by atoms with Gasteiger partial charge in [-0.25, -0.2) is 8.78 Å². The molecule has 0 saturated carbocycles. The second-order valence-corrected chi connectivity index (χ2v) is 4.97. The number of nitrogens with zero attached hydrogens (tertiary/aromatic N) is 1. The Morgan fingerprint density at radius 3 is 2.95 bits per heavy atom. The van der Waals surface area contributed by atoms with Crippen molar-refractivity contribution in [3.05, 3.63) is 35.4 Å². The summed E-state index contributed by atoms with van der Waals surface area (Å²) in [6.45, 7) is 3.02. The van der Waals surface area contributed by atoms with Crippen molar-refractivity contribution < 1.29 is 18.3 Å². The summed E-state index contributed by atoms with van der Waals surface area (Å²) < 4.78 is 31.9. The molecule has 1 aromatic rings. The molecule has 0 amide bonds. The van der Waals surface area contributed by atoms with Crippen molar-refractivity contribution in [3.63, 3.8) is 0 Å². The van der Waals surface area contributed by atoms with Gasteiger partial charge in [-0.3, -0.25) is 9.69 Å². The summed E-state index contributed by atoms with van der Waals surface area (Å²) >= 11 is 0. The molecule has 1 aliphatic heterocycles. The van der Waals surface area contributed by atoms with Crippen LogP contribution in [0.5, 0.6) is 0 Å². The van der Waals surface area contributed by atoms with E-state index >= 15 is 0 Å². The third kappa shape index (κ3) is 3.54. The third-order valence-corrected chi connectivity index (χ3v) is 3.55. The van der Waals surface area contributed by atoms with Crippen LogP contribution in [0, 0.1) is 11.6 Å². The van der Waals surface area contributed by atoms with Gasteiger partial charge in [0, 0.05) is 12.1 Å². The maximum Gasteiger partial charge on any atom is 0.323 e. The third-order valence-electron chi connectivity index (χ3n) is 3.55. The molecule has 2 rings (SSSR count). The monoisotopic (exact) mass is 283 g/mol. The summed E-state index contributed by atoms with van der Waals surface area (Å²) in [4.78, 5) is 13.8. The van der Waals surface area contributed by atoms with Crippen LogP contribution < -0.4 is 0 Å². The highest BCUT2D eigenvalue weighted by Crippen LogP contribution is 2.22. The molecule has 20 heavy (non-hydrogen) atoms. The molecule has 1 aromatic carbocycles. The molecule has 1 fully saturated rings. The van der Waals surface area contributed by atoms with Crippen LogP contribution in [-0.4, -0.2) is 30.1 Å². The fourth-order valence-corrected chi connectivity index (χ4v) is 2.57. The van der Waals surface area contributed by atoms with Crippen LogP contribution in [0.15, 0.2) is 18.2 Å². The first kappa shape index (κ1) is 14.9. The predicted octanol–water partition coefficient (Wildman–Crippen LogP) is 2.88. The van der Waals surface area contributed by atoms with E-state index in [0.29, 0.717) is 19.6 Å². The summed E-state index contributed by atoms with van der Waals surface area (Å²) in [6, 6.07) is 3.05. The zero-order chi connectivity index (χ0) is 14.5. The van der Waals surface area contributed by atoms with E-state index in [4.69, 9.17) is 4.74 Å². The molecule has 0 aromatic heterocycles. The Morgan fingerprint density at radius 1 is 1.40 bits per heavy atom. The Bertz CT molecular complexity index is 479. The Hall–Kier alpha value is -1.49. The highest BCUT2D eigenvalue weighted by Gasteiger charge is 2.30. The predicted molar refractivity (Wildman–Crippen MR) is 71.0 cm³/mol. The SMILES string of the molecule is CCOC(=O)[C@@H]1CCCCN1Cc1cc(F)ccc1F. The van der Waals surface area contributed by atoms with Crippen LogP contribution in [0.2, 0.25) is 0 Å². The quantitative estimate of drug-likeness (QED) is 0.796. The van der Waals surface area contributed by atoms with Gasteiger partial charge in [-0.15, -0.1) is 0 Å². The maximum absolute atomic E-state index is 13.7. The van der Waals surface area contributed by atoms with Crippen LogP contribution >= 0.6 is 0 Å². The van der Waals surface area contributed by atoms with Gasteiger partial charge >= 0.3 is 5.97 Å². The zero-order valence-corrected chi connectivity index (χ0v) is 11.6. The van der Waals surface area contributed by atoms with Crippen molar-refractivity contribution in [3.8, 4) is 0 Å². The first-order chi connectivity index (χ1) is 9.61. The summed E-state index contributed by atoms with van der Waals surface area (Å²) in [5, 5.41) is 0. The van der Waals surface area contributed by atoms with Crippen molar-refractivity contribution in [2.45, 2.75) is 38.8 Å². The van der Waals surface area contributed by atoms with E-state index < -0.39 is 11.6 Å². The summed E-state index contributed by atoms with van der Waals surface area (Å²) in [7, 11) is 0. The largest absolute Gasteiger partial charge is 0.465 e. The molecule has 1 atom stereocenters. The summed E-state index contributed by atoms with van der Waals surface area (Å²) in [6.07, 6.45) is 2.61. The number of hydrogen-bond donors (Lipinski definition) is 0. The van der Waals surface area contributed by atoms with Crippen LogP contribution in [0.4, 0.5) is 8.78 Å². The van der Waals surface area contributed by atoms with E-state index in [2.05, 4.69) is 0 Å². The summed E-state index contributed by atoms with van der Waals surface area (Å²) in [5.41, 5.74) is 0.279. The van der Waals surface area contributed by atoms with E-state index in [1.54, 1.807) is 6.92 Å². The Labute approximate surface area is 117 Å². The molecule has 1 aliphatic rings. The van der Waals surface area contributed by atoms with E-state index in [1.807, 2.05) is 4.90 Å². The van der Waals surface area contributed by atoms with Crippen molar-refractivity contribution in [2.75, 3.05) is 13.2 Å². The van der Waals surface area contributed by atoms with Gasteiger partial charge in [0.15, 0.2) is 0 Å². The average Bonchev–Trinajstić information content (AvgIpc) is 2.44. The van der Waals surface area contributed by atoms with E-state index in [0.717, 1.165) is 25.0 Å². The van der Waals surface area contributed by atoms with Crippen LogP contribution in [0.3, 0.4) is 0 Å². The van der Waals surface area contributed by atoms with Crippen molar-refractivity contribution in [2.24, 2.45) is 0 Å². The van der Waals surface area contributed by atoms with Gasteiger partial charge < -0.3 is 4.74 Å². The normalized spacial score (nSPS) is 19.9. The van der Waals surface area contributed by atoms with Gasteiger partial charge in [0.05, 0.1) is 6.61 Å². The minimum absolute atomic E-state index is 0.229. The Balaban J connectivity index is 2.12. The molecule has 0 radical (unpaired) electrons. The van der Waals surface area contributed by atoms with E-state index in [-0.39, 0.29) is 24.1 Å². The van der Waals surface area contributed by atoms with E-state index in [1.165, 1.54) is 6.07 Å². The lowest BCUT2D eigenvalue weighted by atomic mass is 10.0. The van der Waals surface area contributed by atoms with Gasteiger partial charge in [-0.05, 0) is 44.5 Å². The number of rotatable bonds is 4. The van der Waals surface area contributed by atoms with Gasteiger partial charge in [0.1, 0.15) is 17.7 Å².